The standard InChI is InChI=1S/C15H14BrF2N/c1-9-4-3-5-11(6-9)10(2)19-15-7-12(16)13(17)8-14(15)18/h3-8,10,19H,1-2H3. The fourth-order valence-corrected chi connectivity index (χ4v) is 2.23. The SMILES string of the molecule is Cc1cccc(C(C)Nc2cc(Br)c(F)cc2F)c1. The Morgan fingerprint density at radius 1 is 1.11 bits per heavy atom. The molecule has 0 radical (unpaired) electrons. The van der Waals surface area contributed by atoms with E-state index in [-0.39, 0.29) is 16.2 Å². The maximum Gasteiger partial charge on any atom is 0.149 e. The number of anilines is 1. The van der Waals surface area contributed by atoms with Crippen molar-refractivity contribution in [2.75, 3.05) is 5.32 Å². The molecular weight excluding hydrogens is 312 g/mol. The van der Waals surface area contributed by atoms with Crippen LogP contribution in [0.1, 0.15) is 24.1 Å². The normalized spacial score (nSPS) is 12.3. The summed E-state index contributed by atoms with van der Waals surface area (Å²) >= 11 is 3.06. The highest BCUT2D eigenvalue weighted by Gasteiger charge is 2.11. The van der Waals surface area contributed by atoms with Crippen LogP contribution >= 0.6 is 15.9 Å². The molecule has 0 aliphatic carbocycles. The van der Waals surface area contributed by atoms with Crippen molar-refractivity contribution in [2.45, 2.75) is 19.9 Å². The van der Waals surface area contributed by atoms with Gasteiger partial charge in [0.05, 0.1) is 10.2 Å². The molecule has 1 unspecified atom stereocenters. The molecule has 2 aromatic carbocycles. The second kappa shape index (κ2) is 5.70. The summed E-state index contributed by atoms with van der Waals surface area (Å²) in [6.45, 7) is 3.94. The zero-order valence-electron chi connectivity index (χ0n) is 10.7. The Morgan fingerprint density at radius 3 is 2.53 bits per heavy atom. The molecule has 1 atom stereocenters. The molecule has 0 saturated heterocycles. The van der Waals surface area contributed by atoms with Crippen molar-refractivity contribution < 1.29 is 8.78 Å². The van der Waals surface area contributed by atoms with Crippen LogP contribution in [0.5, 0.6) is 0 Å². The van der Waals surface area contributed by atoms with Gasteiger partial charge in [-0.05, 0) is 41.4 Å². The van der Waals surface area contributed by atoms with E-state index in [1.165, 1.54) is 6.07 Å². The van der Waals surface area contributed by atoms with Gasteiger partial charge in [0.25, 0.3) is 0 Å². The van der Waals surface area contributed by atoms with Gasteiger partial charge in [0.1, 0.15) is 11.6 Å². The van der Waals surface area contributed by atoms with Crippen LogP contribution in [0.4, 0.5) is 14.5 Å². The van der Waals surface area contributed by atoms with Crippen molar-refractivity contribution in [3.05, 3.63) is 63.6 Å². The highest BCUT2D eigenvalue weighted by atomic mass is 79.9. The first-order valence-corrected chi connectivity index (χ1v) is 6.74. The van der Waals surface area contributed by atoms with Crippen LogP contribution in [0.15, 0.2) is 40.9 Å². The molecule has 100 valence electrons. The molecule has 0 aromatic heterocycles. The lowest BCUT2D eigenvalue weighted by Crippen LogP contribution is -2.08. The third-order valence-electron chi connectivity index (χ3n) is 2.92. The molecular formula is C15H14BrF2N. The number of benzene rings is 2. The summed E-state index contributed by atoms with van der Waals surface area (Å²) in [6.07, 6.45) is 0. The predicted molar refractivity (Wildman–Crippen MR) is 77.3 cm³/mol. The molecule has 0 amide bonds. The van der Waals surface area contributed by atoms with Gasteiger partial charge < -0.3 is 5.32 Å². The molecule has 0 saturated carbocycles. The van der Waals surface area contributed by atoms with Crippen molar-refractivity contribution in [3.63, 3.8) is 0 Å². The van der Waals surface area contributed by atoms with E-state index in [2.05, 4.69) is 21.2 Å². The molecule has 4 heteroatoms. The van der Waals surface area contributed by atoms with Crippen LogP contribution in [0, 0.1) is 18.6 Å². The average Bonchev–Trinajstić information content (AvgIpc) is 2.36. The molecule has 0 fully saturated rings. The third kappa shape index (κ3) is 3.32. The minimum Gasteiger partial charge on any atom is -0.376 e. The first-order valence-electron chi connectivity index (χ1n) is 5.95. The van der Waals surface area contributed by atoms with E-state index in [1.807, 2.05) is 38.1 Å². The highest BCUT2D eigenvalue weighted by Crippen LogP contribution is 2.27. The Balaban J connectivity index is 2.24. The summed E-state index contributed by atoms with van der Waals surface area (Å²) in [5.41, 5.74) is 2.48. The first-order chi connectivity index (χ1) is 8.97. The van der Waals surface area contributed by atoms with E-state index >= 15 is 0 Å². The van der Waals surface area contributed by atoms with Crippen molar-refractivity contribution >= 4 is 21.6 Å². The second-order valence-corrected chi connectivity index (χ2v) is 5.38. The smallest absolute Gasteiger partial charge is 0.149 e. The Morgan fingerprint density at radius 2 is 1.84 bits per heavy atom. The molecule has 1 N–H and O–H groups in total. The van der Waals surface area contributed by atoms with Gasteiger partial charge in [0, 0.05) is 12.1 Å². The van der Waals surface area contributed by atoms with Crippen LogP contribution in [0.25, 0.3) is 0 Å². The molecule has 0 aliphatic rings. The number of aryl methyl sites for hydroxylation is 1. The monoisotopic (exact) mass is 325 g/mol. The van der Waals surface area contributed by atoms with Crippen molar-refractivity contribution in [1.82, 2.24) is 0 Å². The number of halogens is 3. The summed E-state index contributed by atoms with van der Waals surface area (Å²) in [4.78, 5) is 0. The summed E-state index contributed by atoms with van der Waals surface area (Å²) in [6, 6.07) is 10.2. The summed E-state index contributed by atoms with van der Waals surface area (Å²) in [5, 5.41) is 3.05. The summed E-state index contributed by atoms with van der Waals surface area (Å²) in [7, 11) is 0. The quantitative estimate of drug-likeness (QED) is 0.764. The molecule has 1 nitrogen and oxygen atoms in total. The zero-order valence-corrected chi connectivity index (χ0v) is 12.3. The second-order valence-electron chi connectivity index (χ2n) is 4.53. The minimum atomic E-state index is -0.605. The Labute approximate surface area is 119 Å². The lowest BCUT2D eigenvalue weighted by molar-refractivity contribution is 0.579. The van der Waals surface area contributed by atoms with Gasteiger partial charge in [-0.1, -0.05) is 29.8 Å². The molecule has 0 heterocycles. The van der Waals surface area contributed by atoms with Crippen LogP contribution in [-0.4, -0.2) is 0 Å². The lowest BCUT2D eigenvalue weighted by Gasteiger charge is -2.17. The van der Waals surface area contributed by atoms with Gasteiger partial charge in [-0.25, -0.2) is 8.78 Å². The van der Waals surface area contributed by atoms with E-state index in [9.17, 15) is 8.78 Å². The summed E-state index contributed by atoms with van der Waals surface area (Å²) < 4.78 is 27.1. The Kier molecular flexibility index (Phi) is 4.20. The van der Waals surface area contributed by atoms with Crippen LogP contribution in [0.3, 0.4) is 0 Å². The lowest BCUT2D eigenvalue weighted by atomic mass is 10.1. The number of nitrogens with one attached hydrogen (secondary N) is 1. The molecule has 2 aromatic rings. The summed E-state index contributed by atoms with van der Waals surface area (Å²) in [5.74, 6) is -1.20. The van der Waals surface area contributed by atoms with Gasteiger partial charge in [-0.3, -0.25) is 0 Å². The number of rotatable bonds is 3. The van der Waals surface area contributed by atoms with Gasteiger partial charge in [-0.15, -0.1) is 0 Å². The van der Waals surface area contributed by atoms with Gasteiger partial charge >= 0.3 is 0 Å². The van der Waals surface area contributed by atoms with Crippen LogP contribution in [0.2, 0.25) is 0 Å². The highest BCUT2D eigenvalue weighted by molar-refractivity contribution is 9.10. The maximum absolute atomic E-state index is 13.7. The number of hydrogen-bond donors (Lipinski definition) is 1. The third-order valence-corrected chi connectivity index (χ3v) is 3.53. The largest absolute Gasteiger partial charge is 0.376 e. The van der Waals surface area contributed by atoms with Gasteiger partial charge in [-0.2, -0.15) is 0 Å². The predicted octanol–water partition coefficient (Wildman–Crippen LogP) is 5.21. The zero-order chi connectivity index (χ0) is 14.0. The van der Waals surface area contributed by atoms with Crippen LogP contribution in [-0.2, 0) is 0 Å². The fraction of sp³-hybridized carbons (Fsp3) is 0.200. The Hall–Kier alpha value is -1.42. The Bertz CT molecular complexity index is 599. The minimum absolute atomic E-state index is 0.0632. The van der Waals surface area contributed by atoms with Gasteiger partial charge in [0.2, 0.25) is 0 Å². The number of hydrogen-bond acceptors (Lipinski definition) is 1. The molecule has 2 rings (SSSR count). The van der Waals surface area contributed by atoms with E-state index in [0.717, 1.165) is 17.2 Å². The van der Waals surface area contributed by atoms with Crippen molar-refractivity contribution in [1.29, 1.82) is 0 Å². The van der Waals surface area contributed by atoms with Crippen LogP contribution < -0.4 is 5.32 Å². The van der Waals surface area contributed by atoms with E-state index in [0.29, 0.717) is 0 Å². The van der Waals surface area contributed by atoms with Crippen molar-refractivity contribution in [2.24, 2.45) is 0 Å². The van der Waals surface area contributed by atoms with E-state index in [1.54, 1.807) is 0 Å². The van der Waals surface area contributed by atoms with Crippen molar-refractivity contribution in [3.8, 4) is 0 Å². The molecule has 0 spiro atoms. The fourth-order valence-electron chi connectivity index (χ4n) is 1.89. The average molecular weight is 326 g/mol. The van der Waals surface area contributed by atoms with Gasteiger partial charge in [0.15, 0.2) is 0 Å². The topological polar surface area (TPSA) is 12.0 Å². The molecule has 0 bridgehead atoms. The first kappa shape index (κ1) is 14.0. The molecule has 19 heavy (non-hydrogen) atoms. The van der Waals surface area contributed by atoms with E-state index in [4.69, 9.17) is 0 Å². The maximum atomic E-state index is 13.7. The van der Waals surface area contributed by atoms with E-state index < -0.39 is 11.6 Å². The molecule has 0 aliphatic heterocycles.